The summed E-state index contributed by atoms with van der Waals surface area (Å²) in [5, 5.41) is 10.3. The van der Waals surface area contributed by atoms with Crippen molar-refractivity contribution in [1.82, 2.24) is 4.90 Å². The van der Waals surface area contributed by atoms with Gasteiger partial charge in [0.2, 0.25) is 0 Å². The van der Waals surface area contributed by atoms with Gasteiger partial charge in [-0.1, -0.05) is 48.0 Å². The highest BCUT2D eigenvalue weighted by Crippen LogP contribution is 2.27. The van der Waals surface area contributed by atoms with Gasteiger partial charge in [0, 0.05) is 17.6 Å². The average Bonchev–Trinajstić information content (AvgIpc) is 2.40. The fraction of sp³-hybridized carbons (Fsp3) is 0.625. The summed E-state index contributed by atoms with van der Waals surface area (Å²) < 4.78 is 1.00. The first-order chi connectivity index (χ1) is 9.08. The Morgan fingerprint density at radius 2 is 2.05 bits per heavy atom. The van der Waals surface area contributed by atoms with Gasteiger partial charge in [-0.2, -0.15) is 0 Å². The third kappa shape index (κ3) is 4.04. The summed E-state index contributed by atoms with van der Waals surface area (Å²) in [6.07, 6.45) is 1.72. The van der Waals surface area contributed by atoms with Crippen LogP contribution in [-0.4, -0.2) is 29.6 Å². The molecular weight excluding hydrogens is 302 g/mol. The Morgan fingerprint density at radius 3 is 2.74 bits per heavy atom. The number of piperidine rings is 1. The zero-order valence-electron chi connectivity index (χ0n) is 11.8. The summed E-state index contributed by atoms with van der Waals surface area (Å²) in [6.45, 7) is 8.01. The Balaban J connectivity index is 1.84. The van der Waals surface area contributed by atoms with Crippen molar-refractivity contribution in [2.75, 3.05) is 19.6 Å². The molecule has 0 amide bonds. The molecule has 2 rings (SSSR count). The van der Waals surface area contributed by atoms with Crippen molar-refractivity contribution in [3.8, 4) is 0 Å². The van der Waals surface area contributed by atoms with Crippen LogP contribution >= 0.6 is 15.9 Å². The highest BCUT2D eigenvalue weighted by molar-refractivity contribution is 9.10. The van der Waals surface area contributed by atoms with E-state index in [0.717, 1.165) is 34.8 Å². The minimum absolute atomic E-state index is 0.370. The van der Waals surface area contributed by atoms with Crippen LogP contribution in [0.1, 0.15) is 38.4 Å². The normalized spacial score (nSPS) is 26.3. The van der Waals surface area contributed by atoms with Crippen molar-refractivity contribution < 1.29 is 5.11 Å². The van der Waals surface area contributed by atoms with Crippen LogP contribution < -0.4 is 0 Å². The minimum Gasteiger partial charge on any atom is -0.388 e. The van der Waals surface area contributed by atoms with Crippen LogP contribution in [0.25, 0.3) is 0 Å². The second kappa shape index (κ2) is 6.87. The van der Waals surface area contributed by atoms with Crippen molar-refractivity contribution in [3.05, 3.63) is 34.3 Å². The number of likely N-dealkylation sites (tertiary alicyclic amines) is 1. The Labute approximate surface area is 124 Å². The van der Waals surface area contributed by atoms with Crippen molar-refractivity contribution in [2.24, 2.45) is 11.8 Å². The van der Waals surface area contributed by atoms with Crippen LogP contribution in [0.2, 0.25) is 0 Å². The predicted octanol–water partition coefficient (Wildman–Crippen LogP) is 3.85. The molecule has 3 heteroatoms. The molecule has 19 heavy (non-hydrogen) atoms. The Kier molecular flexibility index (Phi) is 5.43. The number of nitrogens with zero attached hydrogens (tertiary/aromatic N) is 1. The molecule has 3 unspecified atom stereocenters. The van der Waals surface area contributed by atoms with Crippen LogP contribution in [0.15, 0.2) is 28.7 Å². The van der Waals surface area contributed by atoms with Gasteiger partial charge in [0.15, 0.2) is 0 Å². The molecule has 1 aliphatic heterocycles. The number of hydrogen-bond acceptors (Lipinski definition) is 2. The summed E-state index contributed by atoms with van der Waals surface area (Å²) in [5.41, 5.74) is 1.00. The van der Waals surface area contributed by atoms with Gasteiger partial charge in [-0.25, -0.2) is 0 Å². The molecule has 1 fully saturated rings. The first kappa shape index (κ1) is 15.0. The first-order valence-corrected chi connectivity index (χ1v) is 8.02. The second-order valence-corrected chi connectivity index (χ2v) is 6.72. The molecule has 2 nitrogen and oxygen atoms in total. The van der Waals surface area contributed by atoms with Crippen LogP contribution in [0.4, 0.5) is 0 Å². The molecule has 0 radical (unpaired) electrons. The summed E-state index contributed by atoms with van der Waals surface area (Å²) >= 11 is 3.51. The van der Waals surface area contributed by atoms with E-state index in [-0.39, 0.29) is 6.10 Å². The van der Waals surface area contributed by atoms with E-state index in [2.05, 4.69) is 34.7 Å². The van der Waals surface area contributed by atoms with Crippen molar-refractivity contribution in [2.45, 2.75) is 32.8 Å². The topological polar surface area (TPSA) is 23.5 Å². The van der Waals surface area contributed by atoms with E-state index in [4.69, 9.17) is 0 Å². The number of halogens is 1. The molecule has 1 heterocycles. The average molecular weight is 326 g/mol. The summed E-state index contributed by atoms with van der Waals surface area (Å²) in [6, 6.07) is 7.95. The number of hydrogen-bond donors (Lipinski definition) is 1. The molecule has 0 aliphatic carbocycles. The monoisotopic (exact) mass is 325 g/mol. The maximum absolute atomic E-state index is 10.3. The Bertz CT molecular complexity index is 409. The molecule has 0 bridgehead atoms. The standard InChI is InChI=1S/C16H24BrNO/c1-12-7-9-18(11-13(12)2)10-8-16(19)14-5-3-4-6-15(14)17/h3-6,12-13,16,19H,7-11H2,1-2H3. The van der Waals surface area contributed by atoms with Crippen molar-refractivity contribution in [3.63, 3.8) is 0 Å². The van der Waals surface area contributed by atoms with Gasteiger partial charge in [0.05, 0.1) is 6.10 Å². The van der Waals surface area contributed by atoms with Crippen molar-refractivity contribution in [1.29, 1.82) is 0 Å². The van der Waals surface area contributed by atoms with Gasteiger partial charge in [-0.15, -0.1) is 0 Å². The van der Waals surface area contributed by atoms with E-state index in [1.54, 1.807) is 0 Å². The molecule has 1 aliphatic rings. The lowest BCUT2D eigenvalue weighted by Crippen LogP contribution is -2.39. The van der Waals surface area contributed by atoms with Gasteiger partial charge >= 0.3 is 0 Å². The number of aliphatic hydroxyl groups is 1. The first-order valence-electron chi connectivity index (χ1n) is 7.22. The molecule has 0 spiro atoms. The lowest BCUT2D eigenvalue weighted by Gasteiger charge is -2.35. The van der Waals surface area contributed by atoms with E-state index < -0.39 is 0 Å². The largest absolute Gasteiger partial charge is 0.388 e. The Morgan fingerprint density at radius 1 is 1.32 bits per heavy atom. The van der Waals surface area contributed by atoms with Crippen molar-refractivity contribution >= 4 is 15.9 Å². The van der Waals surface area contributed by atoms with Crippen LogP contribution in [0.3, 0.4) is 0 Å². The van der Waals surface area contributed by atoms with Gasteiger partial charge in [-0.05, 0) is 42.9 Å². The SMILES string of the molecule is CC1CCN(CCC(O)c2ccccc2Br)CC1C. The molecule has 1 aromatic carbocycles. The molecule has 1 aromatic rings. The molecule has 1 N–H and O–H groups in total. The van der Waals surface area contributed by atoms with E-state index in [1.807, 2.05) is 24.3 Å². The lowest BCUT2D eigenvalue weighted by molar-refractivity contribution is 0.102. The smallest absolute Gasteiger partial charge is 0.0813 e. The zero-order chi connectivity index (χ0) is 13.8. The molecule has 0 aromatic heterocycles. The maximum atomic E-state index is 10.3. The highest BCUT2D eigenvalue weighted by atomic mass is 79.9. The van der Waals surface area contributed by atoms with Gasteiger partial charge < -0.3 is 10.0 Å². The summed E-state index contributed by atoms with van der Waals surface area (Å²) in [5.74, 6) is 1.61. The fourth-order valence-electron chi connectivity index (χ4n) is 2.76. The maximum Gasteiger partial charge on any atom is 0.0813 e. The van der Waals surface area contributed by atoms with Crippen LogP contribution in [0, 0.1) is 11.8 Å². The third-order valence-electron chi connectivity index (χ3n) is 4.40. The van der Waals surface area contributed by atoms with E-state index in [0.29, 0.717) is 0 Å². The quantitative estimate of drug-likeness (QED) is 0.908. The second-order valence-electron chi connectivity index (χ2n) is 5.87. The highest BCUT2D eigenvalue weighted by Gasteiger charge is 2.23. The number of rotatable bonds is 4. The predicted molar refractivity (Wildman–Crippen MR) is 83.1 cm³/mol. The minimum atomic E-state index is -0.370. The van der Waals surface area contributed by atoms with E-state index in [1.165, 1.54) is 19.5 Å². The van der Waals surface area contributed by atoms with E-state index in [9.17, 15) is 5.11 Å². The Hall–Kier alpha value is -0.380. The van der Waals surface area contributed by atoms with Crippen LogP contribution in [0.5, 0.6) is 0 Å². The number of aliphatic hydroxyl groups excluding tert-OH is 1. The molecule has 1 saturated heterocycles. The zero-order valence-corrected chi connectivity index (χ0v) is 13.4. The molecule has 106 valence electrons. The molecule has 0 saturated carbocycles. The summed E-state index contributed by atoms with van der Waals surface area (Å²) in [7, 11) is 0. The lowest BCUT2D eigenvalue weighted by atomic mass is 9.88. The van der Waals surface area contributed by atoms with E-state index >= 15 is 0 Å². The molecule has 3 atom stereocenters. The van der Waals surface area contributed by atoms with Gasteiger partial charge in [-0.3, -0.25) is 0 Å². The third-order valence-corrected chi connectivity index (χ3v) is 5.12. The molecular formula is C16H24BrNO. The number of benzene rings is 1. The fourth-order valence-corrected chi connectivity index (χ4v) is 3.31. The van der Waals surface area contributed by atoms with Crippen LogP contribution in [-0.2, 0) is 0 Å². The summed E-state index contributed by atoms with van der Waals surface area (Å²) in [4.78, 5) is 2.49. The van der Waals surface area contributed by atoms with Gasteiger partial charge in [0.25, 0.3) is 0 Å². The van der Waals surface area contributed by atoms with Gasteiger partial charge in [0.1, 0.15) is 0 Å².